The summed E-state index contributed by atoms with van der Waals surface area (Å²) in [7, 11) is 0. The fraction of sp³-hybridized carbons (Fsp3) is 0.667. The molecule has 0 saturated heterocycles. The van der Waals surface area contributed by atoms with Crippen molar-refractivity contribution in [1.29, 1.82) is 0 Å². The zero-order valence-electron chi connectivity index (χ0n) is 11.5. The van der Waals surface area contributed by atoms with Crippen molar-refractivity contribution >= 4 is 11.9 Å². The third-order valence-electron chi connectivity index (χ3n) is 2.21. The molecule has 0 aromatic rings. The van der Waals surface area contributed by atoms with E-state index in [1.165, 1.54) is 0 Å². The van der Waals surface area contributed by atoms with E-state index < -0.39 is 24.2 Å². The van der Waals surface area contributed by atoms with E-state index >= 15 is 0 Å². The summed E-state index contributed by atoms with van der Waals surface area (Å²) in [5.41, 5.74) is 0. The van der Waals surface area contributed by atoms with Crippen LogP contribution in [0.5, 0.6) is 0 Å². The van der Waals surface area contributed by atoms with Gasteiger partial charge in [0.2, 0.25) is 0 Å². The molecule has 0 saturated carbocycles. The molecule has 0 bridgehead atoms. The van der Waals surface area contributed by atoms with Gasteiger partial charge in [0.25, 0.3) is 6.29 Å². The lowest BCUT2D eigenvalue weighted by molar-refractivity contribution is -0.419. The van der Waals surface area contributed by atoms with Crippen molar-refractivity contribution in [3.8, 4) is 0 Å². The van der Waals surface area contributed by atoms with Gasteiger partial charge in [0.1, 0.15) is 0 Å². The summed E-state index contributed by atoms with van der Waals surface area (Å²) >= 11 is 0. The molecule has 0 spiro atoms. The molecule has 0 aromatic carbocycles. The molecule has 2 N–H and O–H groups in total. The summed E-state index contributed by atoms with van der Waals surface area (Å²) in [5.74, 6) is -4.43. The predicted molar refractivity (Wildman–Crippen MR) is 65.5 cm³/mol. The van der Waals surface area contributed by atoms with Crippen molar-refractivity contribution in [2.75, 3.05) is 33.0 Å². The summed E-state index contributed by atoms with van der Waals surface area (Å²) in [6.07, 6.45) is -0.0316. The Morgan fingerprint density at radius 1 is 1.24 bits per heavy atom. The lowest BCUT2D eigenvalue weighted by atomic mass is 10.4. The van der Waals surface area contributed by atoms with Gasteiger partial charge >= 0.3 is 17.9 Å². The number of ether oxygens (including phenoxy) is 5. The van der Waals surface area contributed by atoms with Gasteiger partial charge < -0.3 is 33.9 Å². The Balaban J connectivity index is 2.70. The standard InChI is InChI=1S/C12H18O9/c1-2-19-12(16)11(18-8-7-17-6-5-13)20-9(14)3-4-10(15)21-12/h3-4,11,13,16H,2,5-8H2,1H3/b4-3+. The van der Waals surface area contributed by atoms with E-state index in [0.717, 1.165) is 12.2 Å². The fourth-order valence-electron chi connectivity index (χ4n) is 1.41. The normalized spacial score (nSPS) is 27.5. The third-order valence-corrected chi connectivity index (χ3v) is 2.21. The van der Waals surface area contributed by atoms with Gasteiger partial charge in [-0.3, -0.25) is 0 Å². The maximum absolute atomic E-state index is 11.4. The Bertz CT molecular complexity index is 381. The summed E-state index contributed by atoms with van der Waals surface area (Å²) < 4.78 is 24.5. The second-order valence-corrected chi connectivity index (χ2v) is 3.79. The molecule has 21 heavy (non-hydrogen) atoms. The smallest absolute Gasteiger partial charge is 0.393 e. The van der Waals surface area contributed by atoms with Crippen molar-refractivity contribution in [3.63, 3.8) is 0 Å². The average Bonchev–Trinajstić information content (AvgIpc) is 2.43. The molecular formula is C12H18O9. The molecule has 0 aliphatic carbocycles. The van der Waals surface area contributed by atoms with Gasteiger partial charge in [-0.05, 0) is 6.92 Å². The second-order valence-electron chi connectivity index (χ2n) is 3.79. The zero-order valence-corrected chi connectivity index (χ0v) is 11.5. The van der Waals surface area contributed by atoms with Gasteiger partial charge in [-0.2, -0.15) is 0 Å². The van der Waals surface area contributed by atoms with Crippen molar-refractivity contribution in [1.82, 2.24) is 0 Å². The molecular weight excluding hydrogens is 288 g/mol. The minimum atomic E-state index is -2.55. The highest BCUT2D eigenvalue weighted by molar-refractivity contribution is 5.92. The molecule has 0 radical (unpaired) electrons. The highest BCUT2D eigenvalue weighted by atomic mass is 16.9. The Labute approximate surface area is 121 Å². The van der Waals surface area contributed by atoms with Crippen LogP contribution in [0.4, 0.5) is 0 Å². The number of esters is 2. The minimum absolute atomic E-state index is 0.0219. The number of hydrogen-bond acceptors (Lipinski definition) is 9. The monoisotopic (exact) mass is 306 g/mol. The quantitative estimate of drug-likeness (QED) is 0.319. The first-order valence-corrected chi connectivity index (χ1v) is 6.30. The first-order valence-electron chi connectivity index (χ1n) is 6.30. The summed E-state index contributed by atoms with van der Waals surface area (Å²) in [5, 5.41) is 18.7. The maximum Gasteiger partial charge on any atom is 0.393 e. The highest BCUT2D eigenvalue weighted by Crippen LogP contribution is 2.21. The van der Waals surface area contributed by atoms with Crippen LogP contribution in [0.2, 0.25) is 0 Å². The van der Waals surface area contributed by atoms with Crippen molar-refractivity contribution in [2.45, 2.75) is 19.2 Å². The lowest BCUT2D eigenvalue weighted by Crippen LogP contribution is -2.53. The van der Waals surface area contributed by atoms with Crippen molar-refractivity contribution in [2.24, 2.45) is 0 Å². The molecule has 0 amide bonds. The van der Waals surface area contributed by atoms with Crippen LogP contribution in [0.3, 0.4) is 0 Å². The summed E-state index contributed by atoms with van der Waals surface area (Å²) in [4.78, 5) is 22.8. The maximum atomic E-state index is 11.4. The minimum Gasteiger partial charge on any atom is -0.422 e. The molecule has 120 valence electrons. The van der Waals surface area contributed by atoms with Gasteiger partial charge in [0.05, 0.1) is 33.0 Å². The van der Waals surface area contributed by atoms with Crippen LogP contribution in [0, 0.1) is 0 Å². The molecule has 1 rings (SSSR count). The number of carbonyl (C=O) groups is 2. The number of aliphatic hydroxyl groups excluding tert-OH is 1. The fourth-order valence-corrected chi connectivity index (χ4v) is 1.41. The highest BCUT2D eigenvalue weighted by Gasteiger charge is 2.47. The molecule has 2 unspecified atom stereocenters. The Kier molecular flexibility index (Phi) is 7.26. The van der Waals surface area contributed by atoms with Gasteiger partial charge in [-0.1, -0.05) is 0 Å². The number of aliphatic hydroxyl groups is 2. The molecule has 2 atom stereocenters. The Hall–Kier alpha value is -1.52. The SMILES string of the molecule is CCOC1(O)OC(=O)/C=C/C(=O)OC1OCCOCCO. The van der Waals surface area contributed by atoms with Gasteiger partial charge in [0.15, 0.2) is 0 Å². The van der Waals surface area contributed by atoms with E-state index in [1.54, 1.807) is 6.92 Å². The van der Waals surface area contributed by atoms with Crippen LogP contribution in [0.25, 0.3) is 0 Å². The average molecular weight is 306 g/mol. The number of hydrogen-bond donors (Lipinski definition) is 2. The van der Waals surface area contributed by atoms with Crippen LogP contribution in [-0.2, 0) is 33.3 Å². The van der Waals surface area contributed by atoms with Gasteiger partial charge in [-0.15, -0.1) is 0 Å². The molecule has 1 heterocycles. The van der Waals surface area contributed by atoms with E-state index in [-0.39, 0.29) is 33.0 Å². The third kappa shape index (κ3) is 5.78. The molecule has 0 aromatic heterocycles. The first kappa shape index (κ1) is 17.5. The van der Waals surface area contributed by atoms with E-state index in [2.05, 4.69) is 4.74 Å². The van der Waals surface area contributed by atoms with E-state index in [0.29, 0.717) is 0 Å². The van der Waals surface area contributed by atoms with Crippen LogP contribution >= 0.6 is 0 Å². The van der Waals surface area contributed by atoms with Gasteiger partial charge in [-0.25, -0.2) is 9.59 Å². The second kappa shape index (κ2) is 8.70. The van der Waals surface area contributed by atoms with Crippen LogP contribution < -0.4 is 0 Å². The molecule has 1 aliphatic rings. The van der Waals surface area contributed by atoms with Gasteiger partial charge in [0, 0.05) is 12.2 Å². The number of cyclic esters (lactones) is 2. The molecule has 9 heteroatoms. The molecule has 1 aliphatic heterocycles. The van der Waals surface area contributed by atoms with Crippen LogP contribution in [0.15, 0.2) is 12.2 Å². The topological polar surface area (TPSA) is 121 Å². The van der Waals surface area contributed by atoms with Crippen molar-refractivity contribution < 1.29 is 43.5 Å². The first-order chi connectivity index (χ1) is 10.0. The largest absolute Gasteiger partial charge is 0.422 e. The Morgan fingerprint density at radius 2 is 1.95 bits per heavy atom. The predicted octanol–water partition coefficient (Wildman–Crippen LogP) is -1.32. The van der Waals surface area contributed by atoms with Crippen LogP contribution in [-0.4, -0.2) is 67.4 Å². The van der Waals surface area contributed by atoms with E-state index in [9.17, 15) is 14.7 Å². The van der Waals surface area contributed by atoms with Crippen molar-refractivity contribution in [3.05, 3.63) is 12.2 Å². The van der Waals surface area contributed by atoms with Crippen LogP contribution in [0.1, 0.15) is 6.92 Å². The lowest BCUT2D eigenvalue weighted by Gasteiger charge is -2.33. The molecule has 9 nitrogen and oxygen atoms in total. The van der Waals surface area contributed by atoms with E-state index in [1.807, 2.05) is 0 Å². The van der Waals surface area contributed by atoms with E-state index in [4.69, 9.17) is 24.1 Å². The summed E-state index contributed by atoms with van der Waals surface area (Å²) in [6, 6.07) is 0. The number of rotatable bonds is 8. The zero-order chi connectivity index (χ0) is 15.7. The summed E-state index contributed by atoms with van der Waals surface area (Å²) in [6.45, 7) is 1.47. The molecule has 0 fully saturated rings. The Morgan fingerprint density at radius 3 is 2.62 bits per heavy atom. The number of carbonyl (C=O) groups excluding carboxylic acids is 2.